The highest BCUT2D eigenvalue weighted by Crippen LogP contribution is 2.24. The number of anilines is 3. The van der Waals surface area contributed by atoms with Crippen molar-refractivity contribution in [2.75, 3.05) is 57.6 Å². The molecule has 4 heteroatoms. The fraction of sp³-hybridized carbons (Fsp3) is 0.500. The van der Waals surface area contributed by atoms with E-state index in [0.717, 1.165) is 28.9 Å². The summed E-state index contributed by atoms with van der Waals surface area (Å²) in [5.74, 6) is 0. The summed E-state index contributed by atoms with van der Waals surface area (Å²) in [5.41, 5.74) is 14.1. The van der Waals surface area contributed by atoms with Gasteiger partial charge in [0.05, 0.1) is 45.6 Å². The van der Waals surface area contributed by atoms with Gasteiger partial charge in [-0.25, -0.2) is 0 Å². The molecule has 4 N–H and O–H groups in total. The van der Waals surface area contributed by atoms with Gasteiger partial charge in [0, 0.05) is 12.7 Å². The van der Waals surface area contributed by atoms with Crippen LogP contribution in [-0.2, 0) is 0 Å². The van der Waals surface area contributed by atoms with Crippen LogP contribution in [-0.4, -0.2) is 45.8 Å². The maximum Gasteiger partial charge on any atom is 0.0958 e. The molecule has 0 amide bonds. The zero-order valence-electron chi connectivity index (χ0n) is 10.7. The topological polar surface area (TPSA) is 55.3 Å². The third-order valence-corrected chi connectivity index (χ3v) is 2.57. The van der Waals surface area contributed by atoms with E-state index in [1.165, 1.54) is 0 Å². The van der Waals surface area contributed by atoms with Crippen molar-refractivity contribution >= 4 is 17.1 Å². The van der Waals surface area contributed by atoms with E-state index < -0.39 is 0 Å². The van der Waals surface area contributed by atoms with Crippen molar-refractivity contribution in [2.45, 2.75) is 0 Å². The number of nitrogens with zero attached hydrogens (tertiary/aromatic N) is 2. The van der Waals surface area contributed by atoms with Crippen LogP contribution in [0.5, 0.6) is 0 Å². The third-order valence-electron chi connectivity index (χ3n) is 2.57. The molecule has 16 heavy (non-hydrogen) atoms. The summed E-state index contributed by atoms with van der Waals surface area (Å²) in [6.45, 7) is 2.04. The molecule has 0 saturated heterocycles. The molecule has 0 fully saturated rings. The monoisotopic (exact) mass is 223 g/mol. The maximum absolute atomic E-state index is 5.93. The Balaban J connectivity index is 2.70. The Bertz CT molecular complexity index is 355. The second-order valence-corrected chi connectivity index (χ2v) is 5.25. The standard InChI is InChI=1S/C12H23N4/c1-15(7-8-16(2,3)4)12-6-5-10(13)9-11(12)14/h5-6,9H,7-8,13-14H2,1-4H3/q+1. The van der Waals surface area contributed by atoms with Crippen LogP contribution >= 0.6 is 0 Å². The van der Waals surface area contributed by atoms with Gasteiger partial charge >= 0.3 is 0 Å². The molecule has 0 spiro atoms. The van der Waals surface area contributed by atoms with E-state index in [4.69, 9.17) is 11.5 Å². The number of hydrogen-bond donors (Lipinski definition) is 2. The minimum atomic E-state index is 0.709. The number of quaternary nitrogens is 1. The number of hydrogen-bond acceptors (Lipinski definition) is 3. The average Bonchev–Trinajstić information content (AvgIpc) is 2.13. The second kappa shape index (κ2) is 4.61. The van der Waals surface area contributed by atoms with E-state index in [-0.39, 0.29) is 0 Å². The van der Waals surface area contributed by atoms with Gasteiger partial charge in [-0.1, -0.05) is 0 Å². The first kappa shape index (κ1) is 12.6. The van der Waals surface area contributed by atoms with E-state index in [0.29, 0.717) is 5.69 Å². The van der Waals surface area contributed by atoms with Crippen molar-refractivity contribution in [2.24, 2.45) is 0 Å². The SMILES string of the molecule is CN(CC[N+](C)(C)C)c1ccc(N)cc1N. The third kappa shape index (κ3) is 3.62. The van der Waals surface area contributed by atoms with Gasteiger partial charge in [0.2, 0.25) is 0 Å². The van der Waals surface area contributed by atoms with Crippen LogP contribution < -0.4 is 16.4 Å². The lowest BCUT2D eigenvalue weighted by Gasteiger charge is -2.28. The Labute approximate surface area is 98.0 Å². The molecule has 1 rings (SSSR count). The highest BCUT2D eigenvalue weighted by Gasteiger charge is 2.11. The van der Waals surface area contributed by atoms with E-state index >= 15 is 0 Å². The Morgan fingerprint density at radius 3 is 2.31 bits per heavy atom. The van der Waals surface area contributed by atoms with Gasteiger partial charge in [-0.2, -0.15) is 0 Å². The number of nitrogens with two attached hydrogens (primary N) is 2. The zero-order chi connectivity index (χ0) is 12.3. The number of rotatable bonds is 4. The van der Waals surface area contributed by atoms with E-state index in [1.54, 1.807) is 6.07 Å². The van der Waals surface area contributed by atoms with Crippen LogP contribution in [0.2, 0.25) is 0 Å². The molecule has 0 aliphatic rings. The number of likely N-dealkylation sites (N-methyl/N-ethyl adjacent to an activating group) is 2. The first-order valence-corrected chi connectivity index (χ1v) is 5.46. The van der Waals surface area contributed by atoms with E-state index in [9.17, 15) is 0 Å². The van der Waals surface area contributed by atoms with Crippen molar-refractivity contribution < 1.29 is 4.48 Å². The largest absolute Gasteiger partial charge is 0.399 e. The van der Waals surface area contributed by atoms with Crippen LogP contribution in [0.15, 0.2) is 18.2 Å². The van der Waals surface area contributed by atoms with Crippen molar-refractivity contribution in [1.29, 1.82) is 0 Å². The van der Waals surface area contributed by atoms with Crippen molar-refractivity contribution in [3.05, 3.63) is 18.2 Å². The van der Waals surface area contributed by atoms with Gasteiger partial charge < -0.3 is 20.9 Å². The minimum Gasteiger partial charge on any atom is -0.399 e. The number of benzene rings is 1. The van der Waals surface area contributed by atoms with Gasteiger partial charge in [-0.05, 0) is 18.2 Å². The normalized spacial score (nSPS) is 11.5. The Morgan fingerprint density at radius 2 is 1.81 bits per heavy atom. The molecular weight excluding hydrogens is 200 g/mol. The lowest BCUT2D eigenvalue weighted by atomic mass is 10.2. The molecule has 0 atom stereocenters. The summed E-state index contributed by atoms with van der Waals surface area (Å²) in [6, 6.07) is 5.66. The van der Waals surface area contributed by atoms with E-state index in [1.807, 2.05) is 12.1 Å². The minimum absolute atomic E-state index is 0.709. The molecule has 1 aromatic carbocycles. The highest BCUT2D eigenvalue weighted by molar-refractivity contribution is 5.71. The molecule has 0 aromatic heterocycles. The summed E-state index contributed by atoms with van der Waals surface area (Å²) in [7, 11) is 8.60. The predicted molar refractivity (Wildman–Crippen MR) is 71.4 cm³/mol. The summed E-state index contributed by atoms with van der Waals surface area (Å²) in [6.07, 6.45) is 0. The lowest BCUT2D eigenvalue weighted by Crippen LogP contribution is -2.41. The van der Waals surface area contributed by atoms with Crippen LogP contribution in [0.25, 0.3) is 0 Å². The molecule has 0 heterocycles. The van der Waals surface area contributed by atoms with Gasteiger partial charge in [0.15, 0.2) is 0 Å². The molecule has 0 saturated carbocycles. The van der Waals surface area contributed by atoms with Crippen LogP contribution in [0.3, 0.4) is 0 Å². The summed E-state index contributed by atoms with van der Waals surface area (Å²) in [5, 5.41) is 0. The number of nitrogen functional groups attached to an aromatic ring is 2. The molecule has 0 bridgehead atoms. The van der Waals surface area contributed by atoms with Crippen LogP contribution in [0.1, 0.15) is 0 Å². The van der Waals surface area contributed by atoms with Crippen molar-refractivity contribution in [1.82, 2.24) is 0 Å². The summed E-state index contributed by atoms with van der Waals surface area (Å²) >= 11 is 0. The Morgan fingerprint density at radius 1 is 1.19 bits per heavy atom. The van der Waals surface area contributed by atoms with Gasteiger partial charge in [0.25, 0.3) is 0 Å². The lowest BCUT2D eigenvalue weighted by molar-refractivity contribution is -0.868. The molecule has 0 radical (unpaired) electrons. The smallest absolute Gasteiger partial charge is 0.0958 e. The van der Waals surface area contributed by atoms with Crippen LogP contribution in [0.4, 0.5) is 17.1 Å². The fourth-order valence-corrected chi connectivity index (χ4v) is 1.49. The van der Waals surface area contributed by atoms with Gasteiger partial charge in [-0.15, -0.1) is 0 Å². The second-order valence-electron chi connectivity index (χ2n) is 5.25. The first-order chi connectivity index (χ1) is 7.29. The maximum atomic E-state index is 5.93. The highest BCUT2D eigenvalue weighted by atomic mass is 15.3. The Kier molecular flexibility index (Phi) is 3.65. The average molecular weight is 223 g/mol. The first-order valence-electron chi connectivity index (χ1n) is 5.46. The zero-order valence-corrected chi connectivity index (χ0v) is 10.7. The van der Waals surface area contributed by atoms with Crippen LogP contribution in [0, 0.1) is 0 Å². The van der Waals surface area contributed by atoms with Crippen molar-refractivity contribution in [3.8, 4) is 0 Å². The summed E-state index contributed by atoms with van der Waals surface area (Å²) in [4.78, 5) is 2.16. The quantitative estimate of drug-likeness (QED) is 0.591. The molecule has 1 aromatic rings. The van der Waals surface area contributed by atoms with Gasteiger partial charge in [-0.3, -0.25) is 0 Å². The molecule has 0 aliphatic carbocycles. The Hall–Kier alpha value is -1.42. The van der Waals surface area contributed by atoms with E-state index in [2.05, 4.69) is 33.1 Å². The van der Waals surface area contributed by atoms with Crippen molar-refractivity contribution in [3.63, 3.8) is 0 Å². The molecule has 0 unspecified atom stereocenters. The molecule has 0 aliphatic heterocycles. The predicted octanol–water partition coefficient (Wildman–Crippen LogP) is 0.993. The molecular formula is C12H23N4+. The molecule has 4 nitrogen and oxygen atoms in total. The summed E-state index contributed by atoms with van der Waals surface area (Å²) < 4.78 is 0.944. The van der Waals surface area contributed by atoms with Gasteiger partial charge in [0.1, 0.15) is 0 Å². The fourth-order valence-electron chi connectivity index (χ4n) is 1.49. The molecule has 90 valence electrons.